The van der Waals surface area contributed by atoms with Crippen molar-refractivity contribution < 1.29 is 92.2 Å². The topological polar surface area (TPSA) is 13.1 Å². The van der Waals surface area contributed by atoms with Crippen molar-refractivity contribution in [3.8, 4) is 0 Å². The van der Waals surface area contributed by atoms with E-state index in [1.165, 1.54) is 14.7 Å². The molecule has 9 aromatic rings. The van der Waals surface area contributed by atoms with E-state index in [9.17, 15) is 52.7 Å². The second-order valence-corrected chi connectivity index (χ2v) is 17.8. The van der Waals surface area contributed by atoms with Crippen LogP contribution in [0.25, 0.3) is 21.9 Å². The van der Waals surface area contributed by atoms with E-state index in [4.69, 9.17) is 16.6 Å². The average Bonchev–Trinajstić information content (AvgIpc) is 3.39. The van der Waals surface area contributed by atoms with Crippen molar-refractivity contribution in [2.45, 2.75) is 14.7 Å². The summed E-state index contributed by atoms with van der Waals surface area (Å²) >= 11 is 5.82. The first-order chi connectivity index (χ1) is 34.5. The predicted molar refractivity (Wildman–Crippen MR) is 229 cm³/mol. The van der Waals surface area contributed by atoms with Gasteiger partial charge in [0.15, 0.2) is 84.5 Å². The summed E-state index contributed by atoms with van der Waals surface area (Å²) in [6.45, 7) is 0. The van der Waals surface area contributed by atoms with E-state index in [1.54, 1.807) is 0 Å². The van der Waals surface area contributed by atoms with Crippen LogP contribution in [0.5, 0.6) is 0 Å². The minimum Gasteiger partial charge on any atom is -0.456 e. The number of halogens is 20. The minimum atomic E-state index is -7.22. The summed E-state index contributed by atoms with van der Waals surface area (Å²) < 4.78 is 301. The van der Waals surface area contributed by atoms with Gasteiger partial charge in [-0.2, -0.15) is 0 Å². The van der Waals surface area contributed by atoms with E-state index in [-0.39, 0.29) is 10.9 Å². The van der Waals surface area contributed by atoms with Crippen molar-refractivity contribution in [3.05, 3.63) is 224 Å². The van der Waals surface area contributed by atoms with Crippen molar-refractivity contribution in [1.82, 2.24) is 0 Å². The molecule has 9 rings (SSSR count). The molecule has 0 amide bonds. The van der Waals surface area contributed by atoms with Crippen LogP contribution in [0.1, 0.15) is 0 Å². The van der Waals surface area contributed by atoms with Gasteiger partial charge in [0, 0.05) is 16.8 Å². The number of benzene rings is 8. The zero-order chi connectivity index (χ0) is 53.3. The molecule has 73 heavy (non-hydrogen) atoms. The van der Waals surface area contributed by atoms with Crippen LogP contribution < -0.4 is 21.9 Å². The van der Waals surface area contributed by atoms with E-state index < -0.39 is 144 Å². The SMILES string of the molecule is Fc1c(F)c(F)c([B-](c2c(F)c(F)c(F)c(F)c2F)(c2c(F)c(F)c(F)c(F)c2F)c2c(F)c(F)c(F)c(F)c2F)c(F)c1F.S=c1c2ccccc2oc2ccc([S+](c3ccccc3)c3ccccc3)cc12. The van der Waals surface area contributed by atoms with Crippen LogP contribution in [0.15, 0.2) is 122 Å². The van der Waals surface area contributed by atoms with E-state index in [0.29, 0.717) is 0 Å². The molecule has 0 radical (unpaired) electrons. The van der Waals surface area contributed by atoms with Gasteiger partial charge in [-0.1, -0.05) is 60.7 Å². The Morgan fingerprint density at radius 3 is 0.890 bits per heavy atom. The van der Waals surface area contributed by atoms with Crippen LogP contribution in [0.3, 0.4) is 0 Å². The Balaban J connectivity index is 0.000000216. The Labute approximate surface area is 402 Å². The zero-order valence-electron chi connectivity index (χ0n) is 35.2. The first kappa shape index (κ1) is 52.0. The number of hydrogen-bond acceptors (Lipinski definition) is 2. The highest BCUT2D eigenvalue weighted by Crippen LogP contribution is 2.36. The molecular weight excluding hydrogens is 1060 g/mol. The fourth-order valence-corrected chi connectivity index (χ4v) is 10.7. The Morgan fingerprint density at radius 2 is 0.562 bits per heavy atom. The van der Waals surface area contributed by atoms with Gasteiger partial charge in [0.2, 0.25) is 0 Å². The summed E-state index contributed by atoms with van der Waals surface area (Å²) in [5, 5.41) is 1.98. The van der Waals surface area contributed by atoms with E-state index >= 15 is 35.1 Å². The van der Waals surface area contributed by atoms with Crippen LogP contribution in [-0.2, 0) is 10.9 Å². The van der Waals surface area contributed by atoms with Crippen LogP contribution in [-0.4, -0.2) is 6.15 Å². The molecule has 1 aromatic heterocycles. The fraction of sp³-hybridized carbons (Fsp3) is 0. The second kappa shape index (κ2) is 19.6. The minimum absolute atomic E-state index is 0.201. The van der Waals surface area contributed by atoms with Crippen LogP contribution >= 0.6 is 12.2 Å². The van der Waals surface area contributed by atoms with Gasteiger partial charge in [-0.3, -0.25) is 0 Å². The van der Waals surface area contributed by atoms with Crippen molar-refractivity contribution in [3.63, 3.8) is 0 Å². The Kier molecular flexibility index (Phi) is 14.0. The molecule has 0 aliphatic rings. The molecule has 8 aromatic carbocycles. The van der Waals surface area contributed by atoms with Crippen molar-refractivity contribution in [1.29, 1.82) is 0 Å². The normalized spacial score (nSPS) is 11.7. The lowest BCUT2D eigenvalue weighted by atomic mass is 9.12. The van der Waals surface area contributed by atoms with Gasteiger partial charge in [0.1, 0.15) is 63.8 Å². The average molecular weight is 1080 g/mol. The number of hydrogen-bond donors (Lipinski definition) is 0. The monoisotopic (exact) mass is 1080 g/mol. The molecule has 0 saturated carbocycles. The van der Waals surface area contributed by atoms with Gasteiger partial charge in [0.05, 0.1) is 15.4 Å². The molecule has 0 fully saturated rings. The molecule has 0 atom stereocenters. The molecule has 0 saturated heterocycles. The molecule has 0 bridgehead atoms. The molecule has 0 spiro atoms. The lowest BCUT2D eigenvalue weighted by Crippen LogP contribution is -2.81. The number of rotatable bonds is 7. The first-order valence-corrected chi connectivity index (χ1v) is 21.7. The highest BCUT2D eigenvalue weighted by Gasteiger charge is 2.52. The summed E-state index contributed by atoms with van der Waals surface area (Å²) in [7, 11) is -0.201. The molecule has 0 aliphatic heterocycles. The quantitative estimate of drug-likeness (QED) is 0.0300. The van der Waals surface area contributed by atoms with Gasteiger partial charge in [-0.15, -0.1) is 21.9 Å². The Bertz CT molecular complexity index is 3360. The second-order valence-electron chi connectivity index (χ2n) is 15.3. The van der Waals surface area contributed by atoms with E-state index in [1.807, 2.05) is 24.3 Å². The van der Waals surface area contributed by atoms with Crippen molar-refractivity contribution in [2.75, 3.05) is 0 Å². The maximum Gasteiger partial charge on any atom is 0.200 e. The Morgan fingerprint density at radius 1 is 0.288 bits per heavy atom. The highest BCUT2D eigenvalue weighted by atomic mass is 32.2. The van der Waals surface area contributed by atoms with Gasteiger partial charge >= 0.3 is 0 Å². The third-order valence-corrected chi connectivity index (χ3v) is 14.1. The highest BCUT2D eigenvalue weighted by molar-refractivity contribution is 7.97. The summed E-state index contributed by atoms with van der Waals surface area (Å²) in [5.41, 5.74) is -12.7. The molecule has 0 unspecified atom stereocenters. The van der Waals surface area contributed by atoms with Gasteiger partial charge in [-0.25, -0.2) is 87.8 Å². The third-order valence-electron chi connectivity index (χ3n) is 11.4. The van der Waals surface area contributed by atoms with Gasteiger partial charge in [-0.05, 0) is 48.5 Å². The third kappa shape index (κ3) is 8.14. The molecule has 1 nitrogen and oxygen atoms in total. The smallest absolute Gasteiger partial charge is 0.200 e. The molecule has 0 aliphatic carbocycles. The van der Waals surface area contributed by atoms with Crippen LogP contribution in [0.4, 0.5) is 87.8 Å². The number of fused-ring (bicyclic) bond motifs is 2. The van der Waals surface area contributed by atoms with Gasteiger partial charge in [0.25, 0.3) is 0 Å². The standard InChI is InChI=1S/C25H17OS2.C24BF20/c27-25-21-13-7-8-14-23(21)26-24-16-15-20(17-22(24)25)28(18-9-3-1-4-10-18)19-11-5-2-6-12-19;26-5-1(6(27)14(35)21(42)13(5)34)25(2-7(28)15(36)22(43)16(37)8(2)29,3-9(30)17(38)23(44)18(39)10(3)31)4-11(32)19(40)24(45)20(41)12(4)33/h1-17H;/q+1;-1. The first-order valence-electron chi connectivity index (χ1n) is 20.0. The maximum atomic E-state index is 15.4. The lowest BCUT2D eigenvalue weighted by molar-refractivity contribution is 0.378. The summed E-state index contributed by atoms with van der Waals surface area (Å²) in [4.78, 5) is 3.81. The molecule has 24 heteroatoms. The Hall–Kier alpha value is -7.34. The summed E-state index contributed by atoms with van der Waals surface area (Å²) in [6.07, 6.45) is -7.22. The summed E-state index contributed by atoms with van der Waals surface area (Å²) in [5.74, 6) is -71.4. The maximum absolute atomic E-state index is 15.4. The molecule has 0 N–H and O–H groups in total. The van der Waals surface area contributed by atoms with Crippen LogP contribution in [0.2, 0.25) is 0 Å². The molecule has 374 valence electrons. The van der Waals surface area contributed by atoms with Crippen molar-refractivity contribution in [2.24, 2.45) is 0 Å². The number of para-hydroxylation sites is 1. The molecule has 1 heterocycles. The zero-order valence-corrected chi connectivity index (χ0v) is 36.8. The fourth-order valence-electron chi connectivity index (χ4n) is 8.30. The molecular formula is C49H17BF20OS2. The van der Waals surface area contributed by atoms with E-state index in [0.717, 1.165) is 26.4 Å². The van der Waals surface area contributed by atoms with Crippen molar-refractivity contribution >= 4 is 73.0 Å². The van der Waals surface area contributed by atoms with Gasteiger partial charge < -0.3 is 4.42 Å². The van der Waals surface area contributed by atoms with Crippen LogP contribution in [0, 0.1) is 121 Å². The lowest BCUT2D eigenvalue weighted by Gasteiger charge is -2.44. The predicted octanol–water partition coefficient (Wildman–Crippen LogP) is 13.3. The largest absolute Gasteiger partial charge is 0.456 e. The summed E-state index contributed by atoms with van der Waals surface area (Å²) in [6, 6.07) is 35.7. The van der Waals surface area contributed by atoms with E-state index in [2.05, 4.69) is 78.9 Å².